The number of hydrogen-bond acceptors (Lipinski definition) is 5. The Labute approximate surface area is 175 Å². The van der Waals surface area contributed by atoms with Crippen LogP contribution in [0.15, 0.2) is 41.4 Å². The molecule has 2 aromatic carbocycles. The molecule has 1 amide bonds. The van der Waals surface area contributed by atoms with E-state index in [4.69, 9.17) is 26.1 Å². The molecule has 0 aliphatic carbocycles. The Bertz CT molecular complexity index is 976. The lowest BCUT2D eigenvalue weighted by Gasteiger charge is -2.30. The molecule has 2 heterocycles. The average molecular weight is 414 g/mol. The minimum absolute atomic E-state index is 0.0491. The maximum Gasteiger partial charge on any atom is 0.229 e. The van der Waals surface area contributed by atoms with Crippen LogP contribution in [0.1, 0.15) is 26.3 Å². The molecule has 0 unspecified atom stereocenters. The Hall–Kier alpha value is -2.57. The molecule has 0 bridgehead atoms. The predicted octanol–water partition coefficient (Wildman–Crippen LogP) is 4.84. The molecular formula is C22H24ClN3O3. The van der Waals surface area contributed by atoms with Crippen molar-refractivity contribution in [3.8, 4) is 11.5 Å². The number of ether oxygens (including phenoxy) is 2. The van der Waals surface area contributed by atoms with Crippen LogP contribution in [-0.2, 0) is 9.53 Å². The number of amides is 1. The third-order valence-electron chi connectivity index (χ3n) is 4.84. The van der Waals surface area contributed by atoms with Gasteiger partial charge in [0.25, 0.3) is 0 Å². The van der Waals surface area contributed by atoms with Gasteiger partial charge in [0, 0.05) is 29.2 Å². The summed E-state index contributed by atoms with van der Waals surface area (Å²) in [5, 5.41) is 3.59. The topological polar surface area (TPSA) is 63.2 Å². The minimum atomic E-state index is -0.489. The summed E-state index contributed by atoms with van der Waals surface area (Å²) < 4.78 is 11.7. The first-order chi connectivity index (χ1) is 13.8. The fourth-order valence-corrected chi connectivity index (χ4v) is 3.33. The highest BCUT2D eigenvalue weighted by Crippen LogP contribution is 2.40. The van der Waals surface area contributed by atoms with Gasteiger partial charge in [-0.3, -0.25) is 4.79 Å². The van der Waals surface area contributed by atoms with Gasteiger partial charge in [0.2, 0.25) is 5.91 Å². The van der Waals surface area contributed by atoms with E-state index in [1.807, 2.05) is 45.0 Å². The van der Waals surface area contributed by atoms with Crippen molar-refractivity contribution in [1.82, 2.24) is 4.90 Å². The lowest BCUT2D eigenvalue weighted by molar-refractivity contribution is -0.123. The fourth-order valence-electron chi connectivity index (χ4n) is 3.16. The molecule has 0 saturated carbocycles. The molecule has 1 fully saturated rings. The second-order valence-electron chi connectivity index (χ2n) is 8.16. The third-order valence-corrected chi connectivity index (χ3v) is 5.07. The molecule has 0 radical (unpaired) electrons. The van der Waals surface area contributed by atoms with Crippen molar-refractivity contribution in [1.29, 1.82) is 0 Å². The lowest BCUT2D eigenvalue weighted by atomic mass is 9.95. The molecule has 7 heteroatoms. The van der Waals surface area contributed by atoms with Gasteiger partial charge in [0.15, 0.2) is 5.75 Å². The van der Waals surface area contributed by atoms with Crippen LogP contribution in [0.2, 0.25) is 5.02 Å². The van der Waals surface area contributed by atoms with Crippen LogP contribution < -0.4 is 10.1 Å². The number of carbonyl (C=O) groups excluding carboxylic acids is 1. The van der Waals surface area contributed by atoms with Gasteiger partial charge in [-0.1, -0.05) is 32.4 Å². The van der Waals surface area contributed by atoms with Gasteiger partial charge in [-0.25, -0.2) is 4.99 Å². The zero-order valence-electron chi connectivity index (χ0n) is 16.8. The molecule has 0 aromatic heterocycles. The smallest absolute Gasteiger partial charge is 0.229 e. The van der Waals surface area contributed by atoms with Crippen molar-refractivity contribution in [2.45, 2.75) is 20.8 Å². The van der Waals surface area contributed by atoms with E-state index in [1.165, 1.54) is 0 Å². The SMILES string of the molecule is CC(C)(C)C(=O)Nc1ccc2c(c1)C(N1CCOCC1)=Nc1cc(Cl)ccc1O2. The van der Waals surface area contributed by atoms with Crippen LogP contribution in [0.25, 0.3) is 0 Å². The fraction of sp³-hybridized carbons (Fsp3) is 0.364. The van der Waals surface area contributed by atoms with Crippen LogP contribution >= 0.6 is 11.6 Å². The molecule has 4 rings (SSSR count). The van der Waals surface area contributed by atoms with E-state index < -0.39 is 5.41 Å². The van der Waals surface area contributed by atoms with Gasteiger partial charge in [0.1, 0.15) is 17.3 Å². The monoisotopic (exact) mass is 413 g/mol. The van der Waals surface area contributed by atoms with Crippen LogP contribution in [0.5, 0.6) is 11.5 Å². The van der Waals surface area contributed by atoms with Crippen molar-refractivity contribution in [2.24, 2.45) is 10.4 Å². The van der Waals surface area contributed by atoms with Gasteiger partial charge in [-0.15, -0.1) is 0 Å². The van der Waals surface area contributed by atoms with Crippen LogP contribution in [-0.4, -0.2) is 42.9 Å². The van der Waals surface area contributed by atoms with E-state index in [0.717, 1.165) is 24.5 Å². The van der Waals surface area contributed by atoms with Crippen molar-refractivity contribution in [3.63, 3.8) is 0 Å². The van der Waals surface area contributed by atoms with E-state index in [-0.39, 0.29) is 5.91 Å². The van der Waals surface area contributed by atoms with E-state index in [1.54, 1.807) is 12.1 Å². The lowest BCUT2D eigenvalue weighted by Crippen LogP contribution is -2.41. The number of hydrogen-bond donors (Lipinski definition) is 1. The molecule has 152 valence electrons. The number of rotatable bonds is 1. The quantitative estimate of drug-likeness (QED) is 0.726. The maximum atomic E-state index is 12.5. The Morgan fingerprint density at radius 2 is 1.83 bits per heavy atom. The molecule has 0 atom stereocenters. The molecule has 2 aromatic rings. The molecule has 1 saturated heterocycles. The molecule has 0 spiro atoms. The number of nitrogens with one attached hydrogen (secondary N) is 1. The largest absolute Gasteiger partial charge is 0.454 e. The normalized spacial score (nSPS) is 16.1. The number of benzene rings is 2. The second kappa shape index (κ2) is 7.69. The first-order valence-corrected chi connectivity index (χ1v) is 10.0. The highest BCUT2D eigenvalue weighted by Gasteiger charge is 2.26. The number of anilines is 1. The number of halogens is 1. The summed E-state index contributed by atoms with van der Waals surface area (Å²) in [6.45, 7) is 8.39. The zero-order chi connectivity index (χ0) is 20.6. The summed E-state index contributed by atoms with van der Waals surface area (Å²) in [6, 6.07) is 11.0. The highest BCUT2D eigenvalue weighted by molar-refractivity contribution is 6.31. The summed E-state index contributed by atoms with van der Waals surface area (Å²) >= 11 is 6.19. The number of carbonyl (C=O) groups is 1. The van der Waals surface area contributed by atoms with Crippen molar-refractivity contribution in [2.75, 3.05) is 31.6 Å². The van der Waals surface area contributed by atoms with E-state index in [0.29, 0.717) is 41.1 Å². The van der Waals surface area contributed by atoms with Crippen molar-refractivity contribution >= 4 is 34.7 Å². The minimum Gasteiger partial charge on any atom is -0.454 e. The van der Waals surface area contributed by atoms with Crippen molar-refractivity contribution < 1.29 is 14.3 Å². The number of morpholine rings is 1. The summed E-state index contributed by atoms with van der Waals surface area (Å²) in [6.07, 6.45) is 0. The Morgan fingerprint density at radius 1 is 1.10 bits per heavy atom. The summed E-state index contributed by atoms with van der Waals surface area (Å²) in [5.41, 5.74) is 1.72. The standard InChI is InChI=1S/C22H24ClN3O3/c1-22(2,3)21(27)24-15-5-7-18-16(13-15)20(26-8-10-28-11-9-26)25-17-12-14(23)4-6-19(17)29-18/h4-7,12-13H,8-11H2,1-3H3,(H,24,27). The van der Waals surface area contributed by atoms with E-state index >= 15 is 0 Å². The average Bonchev–Trinajstić information content (AvgIpc) is 2.84. The first kappa shape index (κ1) is 19.7. The number of fused-ring (bicyclic) bond motifs is 2. The molecule has 2 aliphatic heterocycles. The van der Waals surface area contributed by atoms with Gasteiger partial charge >= 0.3 is 0 Å². The van der Waals surface area contributed by atoms with Crippen molar-refractivity contribution in [3.05, 3.63) is 47.0 Å². The van der Waals surface area contributed by atoms with Gasteiger partial charge in [-0.2, -0.15) is 0 Å². The Kier molecular flexibility index (Phi) is 5.23. The maximum absolute atomic E-state index is 12.5. The Morgan fingerprint density at radius 3 is 2.55 bits per heavy atom. The zero-order valence-corrected chi connectivity index (χ0v) is 17.5. The van der Waals surface area contributed by atoms with E-state index in [2.05, 4.69) is 10.2 Å². The summed E-state index contributed by atoms with van der Waals surface area (Å²) in [7, 11) is 0. The summed E-state index contributed by atoms with van der Waals surface area (Å²) in [5.74, 6) is 2.07. The molecule has 1 N–H and O–H groups in total. The highest BCUT2D eigenvalue weighted by atomic mass is 35.5. The third kappa shape index (κ3) is 4.23. The van der Waals surface area contributed by atoms with Crippen LogP contribution in [0.3, 0.4) is 0 Å². The van der Waals surface area contributed by atoms with E-state index in [9.17, 15) is 4.79 Å². The predicted molar refractivity (Wildman–Crippen MR) is 115 cm³/mol. The number of nitrogens with zero attached hydrogens (tertiary/aromatic N) is 2. The van der Waals surface area contributed by atoms with Gasteiger partial charge < -0.3 is 19.7 Å². The van der Waals surface area contributed by atoms with Crippen LogP contribution in [0, 0.1) is 5.41 Å². The first-order valence-electron chi connectivity index (χ1n) is 9.66. The molecular weight excluding hydrogens is 390 g/mol. The number of amidine groups is 1. The Balaban J connectivity index is 1.79. The molecule has 6 nitrogen and oxygen atoms in total. The molecule has 29 heavy (non-hydrogen) atoms. The summed E-state index contributed by atoms with van der Waals surface area (Å²) in [4.78, 5) is 19.5. The number of aliphatic imine (C=N–C) groups is 1. The van der Waals surface area contributed by atoms with Gasteiger partial charge in [0.05, 0.1) is 18.8 Å². The van der Waals surface area contributed by atoms with Crippen LogP contribution in [0.4, 0.5) is 11.4 Å². The molecule has 2 aliphatic rings. The second-order valence-corrected chi connectivity index (χ2v) is 8.60. The van der Waals surface area contributed by atoms with Gasteiger partial charge in [-0.05, 0) is 36.4 Å².